The van der Waals surface area contributed by atoms with Crippen LogP contribution in [0.5, 0.6) is 5.75 Å². The quantitative estimate of drug-likeness (QED) is 0.914. The number of aryl methyl sites for hydroxylation is 1. The third kappa shape index (κ3) is 2.66. The highest BCUT2D eigenvalue weighted by Crippen LogP contribution is 2.26. The van der Waals surface area contributed by atoms with Crippen molar-refractivity contribution >= 4 is 11.6 Å². The van der Waals surface area contributed by atoms with Crippen LogP contribution in [0.4, 0.5) is 0 Å². The maximum Gasteiger partial charge on any atom is 0.122 e. The fourth-order valence-corrected chi connectivity index (χ4v) is 2.02. The van der Waals surface area contributed by atoms with Crippen LogP contribution in [-0.2, 0) is 0 Å². The lowest BCUT2D eigenvalue weighted by Gasteiger charge is -2.15. The second-order valence-electron chi connectivity index (χ2n) is 4.26. The van der Waals surface area contributed by atoms with Gasteiger partial charge >= 0.3 is 0 Å². The minimum absolute atomic E-state index is 0.170. The molecule has 1 atom stereocenters. The zero-order valence-corrected chi connectivity index (χ0v) is 11.2. The summed E-state index contributed by atoms with van der Waals surface area (Å²) in [5.74, 6) is 0.858. The molecular formula is C15H16ClNO. The maximum absolute atomic E-state index is 6.24. The van der Waals surface area contributed by atoms with Crippen LogP contribution >= 0.6 is 11.6 Å². The van der Waals surface area contributed by atoms with Gasteiger partial charge < -0.3 is 10.5 Å². The van der Waals surface area contributed by atoms with Crippen LogP contribution in [0.15, 0.2) is 42.5 Å². The summed E-state index contributed by atoms with van der Waals surface area (Å²) in [7, 11) is 1.67. The van der Waals surface area contributed by atoms with Crippen molar-refractivity contribution in [1.29, 1.82) is 0 Å². The maximum atomic E-state index is 6.24. The standard InChI is InChI=1S/C15H16ClNO/c1-10-3-4-12(9-14(10)18-2)15(17)11-5-7-13(16)8-6-11/h3-9,15H,17H2,1-2H3. The summed E-state index contributed by atoms with van der Waals surface area (Å²) in [5.41, 5.74) is 9.40. The largest absolute Gasteiger partial charge is 0.496 e. The molecule has 2 aromatic rings. The number of nitrogens with two attached hydrogens (primary N) is 1. The van der Waals surface area contributed by atoms with Gasteiger partial charge in [-0.1, -0.05) is 35.9 Å². The highest BCUT2D eigenvalue weighted by Gasteiger charge is 2.10. The number of hydrogen-bond donors (Lipinski definition) is 1. The van der Waals surface area contributed by atoms with Gasteiger partial charge in [-0.25, -0.2) is 0 Å². The monoisotopic (exact) mass is 261 g/mol. The summed E-state index contributed by atoms with van der Waals surface area (Å²) in [5, 5.41) is 0.715. The highest BCUT2D eigenvalue weighted by atomic mass is 35.5. The highest BCUT2D eigenvalue weighted by molar-refractivity contribution is 6.30. The first kappa shape index (κ1) is 12.9. The van der Waals surface area contributed by atoms with Crippen LogP contribution < -0.4 is 10.5 Å². The van der Waals surface area contributed by atoms with Crippen LogP contribution in [0.3, 0.4) is 0 Å². The van der Waals surface area contributed by atoms with Gasteiger partial charge in [0.2, 0.25) is 0 Å². The van der Waals surface area contributed by atoms with E-state index in [0.29, 0.717) is 5.02 Å². The van der Waals surface area contributed by atoms with Crippen molar-refractivity contribution in [2.75, 3.05) is 7.11 Å². The SMILES string of the molecule is COc1cc(C(N)c2ccc(Cl)cc2)ccc1C. The molecule has 0 amide bonds. The number of ether oxygens (including phenoxy) is 1. The van der Waals surface area contributed by atoms with Crippen molar-refractivity contribution in [3.8, 4) is 5.75 Å². The third-order valence-electron chi connectivity index (χ3n) is 3.02. The molecule has 2 rings (SSSR count). The van der Waals surface area contributed by atoms with E-state index in [2.05, 4.69) is 0 Å². The minimum Gasteiger partial charge on any atom is -0.496 e. The molecule has 2 aromatic carbocycles. The molecule has 2 nitrogen and oxygen atoms in total. The van der Waals surface area contributed by atoms with E-state index in [4.69, 9.17) is 22.1 Å². The zero-order valence-electron chi connectivity index (χ0n) is 10.5. The van der Waals surface area contributed by atoms with Gasteiger partial charge in [0.1, 0.15) is 5.75 Å². The van der Waals surface area contributed by atoms with E-state index in [1.807, 2.05) is 49.4 Å². The Kier molecular flexibility index (Phi) is 3.90. The first-order valence-electron chi connectivity index (χ1n) is 5.77. The number of methoxy groups -OCH3 is 1. The van der Waals surface area contributed by atoms with E-state index in [1.54, 1.807) is 7.11 Å². The smallest absolute Gasteiger partial charge is 0.122 e. The Bertz CT molecular complexity index is 537. The van der Waals surface area contributed by atoms with Crippen molar-refractivity contribution in [1.82, 2.24) is 0 Å². The number of hydrogen-bond acceptors (Lipinski definition) is 2. The first-order chi connectivity index (χ1) is 8.61. The van der Waals surface area contributed by atoms with E-state index < -0.39 is 0 Å². The lowest BCUT2D eigenvalue weighted by atomic mass is 9.98. The van der Waals surface area contributed by atoms with E-state index in [-0.39, 0.29) is 6.04 Å². The Labute approximate surface area is 112 Å². The molecule has 94 valence electrons. The van der Waals surface area contributed by atoms with Gasteiger partial charge in [-0.15, -0.1) is 0 Å². The van der Waals surface area contributed by atoms with Crippen LogP contribution in [0, 0.1) is 6.92 Å². The number of halogens is 1. The molecule has 0 saturated carbocycles. The predicted octanol–water partition coefficient (Wildman–Crippen LogP) is 3.71. The normalized spacial score (nSPS) is 12.2. The fraction of sp³-hybridized carbons (Fsp3) is 0.200. The van der Waals surface area contributed by atoms with Crippen molar-refractivity contribution in [3.05, 3.63) is 64.2 Å². The second kappa shape index (κ2) is 5.42. The molecule has 0 aliphatic rings. The Balaban J connectivity index is 2.33. The van der Waals surface area contributed by atoms with Crippen LogP contribution in [0.25, 0.3) is 0 Å². The Morgan fingerprint density at radius 1 is 1.06 bits per heavy atom. The zero-order chi connectivity index (χ0) is 13.1. The molecule has 18 heavy (non-hydrogen) atoms. The molecule has 0 radical (unpaired) electrons. The Hall–Kier alpha value is -1.51. The third-order valence-corrected chi connectivity index (χ3v) is 3.27. The number of rotatable bonds is 3. The van der Waals surface area contributed by atoms with Crippen LogP contribution in [0.2, 0.25) is 5.02 Å². The molecular weight excluding hydrogens is 246 g/mol. The Morgan fingerprint density at radius 3 is 2.28 bits per heavy atom. The summed E-state index contributed by atoms with van der Waals surface area (Å²) in [6, 6.07) is 13.4. The Morgan fingerprint density at radius 2 is 1.67 bits per heavy atom. The van der Waals surface area contributed by atoms with Gasteiger partial charge in [-0.3, -0.25) is 0 Å². The summed E-state index contributed by atoms with van der Waals surface area (Å²) >= 11 is 5.87. The van der Waals surface area contributed by atoms with Gasteiger partial charge in [-0.2, -0.15) is 0 Å². The van der Waals surface area contributed by atoms with Gasteiger partial charge in [0.05, 0.1) is 13.2 Å². The van der Waals surface area contributed by atoms with E-state index >= 15 is 0 Å². The molecule has 0 aliphatic carbocycles. The topological polar surface area (TPSA) is 35.2 Å². The molecule has 1 unspecified atom stereocenters. The molecule has 0 bridgehead atoms. The van der Waals surface area contributed by atoms with Gasteiger partial charge in [0.15, 0.2) is 0 Å². The first-order valence-corrected chi connectivity index (χ1v) is 6.15. The number of benzene rings is 2. The molecule has 0 aromatic heterocycles. The molecule has 2 N–H and O–H groups in total. The van der Waals surface area contributed by atoms with Gasteiger partial charge in [0.25, 0.3) is 0 Å². The molecule has 0 saturated heterocycles. The lowest BCUT2D eigenvalue weighted by molar-refractivity contribution is 0.411. The minimum atomic E-state index is -0.170. The van der Waals surface area contributed by atoms with Gasteiger partial charge in [-0.05, 0) is 41.8 Å². The van der Waals surface area contributed by atoms with E-state index in [0.717, 1.165) is 22.4 Å². The fourth-order valence-electron chi connectivity index (χ4n) is 1.89. The molecule has 0 aliphatic heterocycles. The van der Waals surface area contributed by atoms with Crippen molar-refractivity contribution < 1.29 is 4.74 Å². The van der Waals surface area contributed by atoms with Crippen molar-refractivity contribution in [2.45, 2.75) is 13.0 Å². The molecule has 0 heterocycles. The summed E-state index contributed by atoms with van der Waals surface area (Å²) < 4.78 is 5.31. The van der Waals surface area contributed by atoms with E-state index in [1.165, 1.54) is 0 Å². The van der Waals surface area contributed by atoms with Gasteiger partial charge in [0, 0.05) is 5.02 Å². The van der Waals surface area contributed by atoms with Crippen molar-refractivity contribution in [2.24, 2.45) is 5.73 Å². The summed E-state index contributed by atoms with van der Waals surface area (Å²) in [6.45, 7) is 2.01. The van der Waals surface area contributed by atoms with Crippen LogP contribution in [-0.4, -0.2) is 7.11 Å². The molecule has 0 spiro atoms. The predicted molar refractivity (Wildman–Crippen MR) is 75.2 cm³/mol. The van der Waals surface area contributed by atoms with Crippen LogP contribution in [0.1, 0.15) is 22.7 Å². The lowest BCUT2D eigenvalue weighted by Crippen LogP contribution is -2.11. The summed E-state index contributed by atoms with van der Waals surface area (Å²) in [6.07, 6.45) is 0. The molecule has 0 fully saturated rings. The second-order valence-corrected chi connectivity index (χ2v) is 4.69. The average Bonchev–Trinajstić information content (AvgIpc) is 2.39. The van der Waals surface area contributed by atoms with E-state index in [9.17, 15) is 0 Å². The van der Waals surface area contributed by atoms with Crippen molar-refractivity contribution in [3.63, 3.8) is 0 Å². The average molecular weight is 262 g/mol. The molecule has 3 heteroatoms. The summed E-state index contributed by atoms with van der Waals surface area (Å²) in [4.78, 5) is 0.